The molecule has 0 bridgehead atoms. The molecule has 1 fully saturated rings. The number of hydrogen-bond acceptors (Lipinski definition) is 5. The number of nitrogens with one attached hydrogen (secondary N) is 2. The molecule has 8 heteroatoms. The monoisotopic (exact) mass is 432 g/mol. The second kappa shape index (κ2) is 7.42. The molecule has 162 valence electrons. The van der Waals surface area contributed by atoms with Crippen molar-refractivity contribution in [2.45, 2.75) is 63.4 Å². The smallest absolute Gasteiger partial charge is 0.251 e. The normalized spacial score (nSPS) is 20.5. The molecule has 1 atom stereocenters. The summed E-state index contributed by atoms with van der Waals surface area (Å²) in [5, 5.41) is 3.07. The molecule has 0 aliphatic heterocycles. The van der Waals surface area contributed by atoms with Crippen molar-refractivity contribution in [3.8, 4) is 5.75 Å². The zero-order valence-corrected chi connectivity index (χ0v) is 18.6. The minimum absolute atomic E-state index is 0.0160. The number of carbonyl (C=O) groups is 1. The summed E-state index contributed by atoms with van der Waals surface area (Å²) in [4.78, 5) is 13.0. The van der Waals surface area contributed by atoms with Gasteiger partial charge in [-0.15, -0.1) is 0 Å². The van der Waals surface area contributed by atoms with Crippen LogP contribution in [0.4, 0.5) is 0 Å². The van der Waals surface area contributed by atoms with E-state index in [1.165, 1.54) is 19.2 Å². The molecule has 0 radical (unpaired) electrons. The molecule has 1 heterocycles. The molecule has 0 saturated heterocycles. The van der Waals surface area contributed by atoms with Gasteiger partial charge in [0, 0.05) is 23.6 Å². The largest absolute Gasteiger partial charge is 0.495 e. The molecule has 2 aliphatic rings. The number of carbonyl (C=O) groups excluding carboxylic acids is 1. The van der Waals surface area contributed by atoms with Crippen molar-refractivity contribution in [1.29, 1.82) is 0 Å². The van der Waals surface area contributed by atoms with Gasteiger partial charge in [0.1, 0.15) is 22.2 Å². The van der Waals surface area contributed by atoms with Crippen LogP contribution in [0.2, 0.25) is 0 Å². The molecule has 0 unspecified atom stereocenters. The third kappa shape index (κ3) is 4.25. The summed E-state index contributed by atoms with van der Waals surface area (Å²) in [7, 11) is -2.35. The number of benzene rings is 1. The van der Waals surface area contributed by atoms with Crippen molar-refractivity contribution in [1.82, 2.24) is 10.0 Å². The van der Waals surface area contributed by atoms with E-state index in [0.29, 0.717) is 0 Å². The number of fused-ring (bicyclic) bond motifs is 1. The van der Waals surface area contributed by atoms with Gasteiger partial charge in [-0.3, -0.25) is 4.79 Å². The number of rotatable bonds is 6. The summed E-state index contributed by atoms with van der Waals surface area (Å²) >= 11 is 0. The predicted octanol–water partition coefficient (Wildman–Crippen LogP) is 3.48. The van der Waals surface area contributed by atoms with Gasteiger partial charge in [0.15, 0.2) is 0 Å². The zero-order valence-electron chi connectivity index (χ0n) is 17.7. The fourth-order valence-corrected chi connectivity index (χ4v) is 5.57. The Morgan fingerprint density at radius 2 is 1.97 bits per heavy atom. The summed E-state index contributed by atoms with van der Waals surface area (Å²) in [6.45, 7) is 6.20. The van der Waals surface area contributed by atoms with Crippen molar-refractivity contribution in [2.75, 3.05) is 7.11 Å². The molecule has 1 aromatic heterocycles. The Labute approximate surface area is 177 Å². The average Bonchev–Trinajstić information content (AvgIpc) is 3.38. The maximum Gasteiger partial charge on any atom is 0.251 e. The highest BCUT2D eigenvalue weighted by atomic mass is 32.2. The fourth-order valence-electron chi connectivity index (χ4n) is 4.07. The molecule has 2 aromatic rings. The first-order valence-corrected chi connectivity index (χ1v) is 11.7. The maximum atomic E-state index is 13.1. The van der Waals surface area contributed by atoms with Crippen molar-refractivity contribution < 1.29 is 22.4 Å². The highest BCUT2D eigenvalue weighted by molar-refractivity contribution is 7.89. The topological polar surface area (TPSA) is 97.6 Å². The number of sulfonamides is 1. The Hall–Kier alpha value is -2.32. The molecule has 2 aliphatic carbocycles. The second-order valence-electron chi connectivity index (χ2n) is 9.07. The summed E-state index contributed by atoms with van der Waals surface area (Å²) in [5.74, 6) is 1.61. The lowest BCUT2D eigenvalue weighted by atomic mass is 9.74. The fraction of sp³-hybridized carbons (Fsp3) is 0.500. The standard InChI is InChI=1S/C22H28N2O5S/c1-13-9-16-17(11-22(2,3)12-19(16)29-13)23-21(25)14-5-8-18(28-4)20(10-14)30(26,27)24-15-6-7-15/h5,8-10,15,17,24H,6-7,11-12H2,1-4H3,(H,23,25)/t17-/m1/s1. The van der Waals surface area contributed by atoms with E-state index in [2.05, 4.69) is 23.9 Å². The predicted molar refractivity (Wildman–Crippen MR) is 112 cm³/mol. The molecule has 7 nitrogen and oxygen atoms in total. The lowest BCUT2D eigenvalue weighted by Gasteiger charge is -2.34. The molecule has 30 heavy (non-hydrogen) atoms. The van der Waals surface area contributed by atoms with E-state index < -0.39 is 10.0 Å². The van der Waals surface area contributed by atoms with E-state index in [-0.39, 0.29) is 39.6 Å². The lowest BCUT2D eigenvalue weighted by Crippen LogP contribution is -2.36. The third-order valence-electron chi connectivity index (χ3n) is 5.66. The summed E-state index contributed by atoms with van der Waals surface area (Å²) in [6.07, 6.45) is 3.24. The molecule has 1 saturated carbocycles. The van der Waals surface area contributed by atoms with Gasteiger partial charge >= 0.3 is 0 Å². The zero-order chi connectivity index (χ0) is 21.7. The molecule has 1 amide bonds. The minimum atomic E-state index is -3.76. The molecule has 0 spiro atoms. The number of furan rings is 1. The van der Waals surface area contributed by atoms with Crippen LogP contribution in [0.25, 0.3) is 0 Å². The molecular formula is C22H28N2O5S. The number of hydrogen-bond donors (Lipinski definition) is 2. The van der Waals surface area contributed by atoms with Gasteiger partial charge in [-0.1, -0.05) is 13.8 Å². The van der Waals surface area contributed by atoms with E-state index in [4.69, 9.17) is 9.15 Å². The van der Waals surface area contributed by atoms with Crippen molar-refractivity contribution in [2.24, 2.45) is 5.41 Å². The summed E-state index contributed by atoms with van der Waals surface area (Å²) in [5.41, 5.74) is 1.26. The number of ether oxygens (including phenoxy) is 1. The van der Waals surface area contributed by atoms with Crippen LogP contribution < -0.4 is 14.8 Å². The van der Waals surface area contributed by atoms with Crippen LogP contribution >= 0.6 is 0 Å². The third-order valence-corrected chi connectivity index (χ3v) is 7.20. The molecule has 2 N–H and O–H groups in total. The Morgan fingerprint density at radius 3 is 2.63 bits per heavy atom. The molecular weight excluding hydrogens is 404 g/mol. The van der Waals surface area contributed by atoms with Gasteiger partial charge < -0.3 is 14.5 Å². The lowest BCUT2D eigenvalue weighted by molar-refractivity contribution is 0.0917. The highest BCUT2D eigenvalue weighted by Crippen LogP contribution is 2.42. The van der Waals surface area contributed by atoms with Crippen molar-refractivity contribution in [3.05, 3.63) is 46.9 Å². The molecule has 1 aromatic carbocycles. The van der Waals surface area contributed by atoms with Gasteiger partial charge in [-0.2, -0.15) is 0 Å². The number of amides is 1. The van der Waals surface area contributed by atoms with Gasteiger partial charge in [0.05, 0.1) is 13.2 Å². The van der Waals surface area contributed by atoms with Crippen molar-refractivity contribution in [3.63, 3.8) is 0 Å². The van der Waals surface area contributed by atoms with Crippen LogP contribution in [0.1, 0.15) is 66.6 Å². The van der Waals surface area contributed by atoms with E-state index in [9.17, 15) is 13.2 Å². The number of aryl methyl sites for hydroxylation is 1. The number of methoxy groups -OCH3 is 1. The van der Waals surface area contributed by atoms with Crippen molar-refractivity contribution >= 4 is 15.9 Å². The summed E-state index contributed by atoms with van der Waals surface area (Å²) in [6, 6.07) is 6.23. The second-order valence-corrected chi connectivity index (χ2v) is 10.8. The SMILES string of the molecule is COc1ccc(C(=O)N[C@@H]2CC(C)(C)Cc3oc(C)cc32)cc1S(=O)(=O)NC1CC1. The Morgan fingerprint density at radius 1 is 1.23 bits per heavy atom. The van der Waals surface area contributed by atoms with Gasteiger partial charge in [-0.05, 0) is 55.9 Å². The Kier molecular flexibility index (Phi) is 5.18. The van der Waals surface area contributed by atoms with Gasteiger partial charge in [0.25, 0.3) is 5.91 Å². The van der Waals surface area contributed by atoms with Crippen LogP contribution in [-0.4, -0.2) is 27.5 Å². The Bertz CT molecular complexity index is 1080. The summed E-state index contributed by atoms with van der Waals surface area (Å²) < 4.78 is 39.2. The Balaban J connectivity index is 1.62. The van der Waals surface area contributed by atoms with E-state index in [0.717, 1.165) is 42.8 Å². The highest BCUT2D eigenvalue weighted by Gasteiger charge is 2.36. The maximum absolute atomic E-state index is 13.1. The average molecular weight is 433 g/mol. The van der Waals surface area contributed by atoms with E-state index >= 15 is 0 Å². The first kappa shape index (κ1) is 20.9. The molecule has 4 rings (SSSR count). The van der Waals surface area contributed by atoms with Crippen LogP contribution in [0.3, 0.4) is 0 Å². The minimum Gasteiger partial charge on any atom is -0.495 e. The van der Waals surface area contributed by atoms with Gasteiger partial charge in [-0.25, -0.2) is 13.1 Å². The van der Waals surface area contributed by atoms with Crippen LogP contribution in [-0.2, 0) is 16.4 Å². The van der Waals surface area contributed by atoms with Crippen LogP contribution in [0, 0.1) is 12.3 Å². The van der Waals surface area contributed by atoms with Gasteiger partial charge in [0.2, 0.25) is 10.0 Å². The first-order valence-electron chi connectivity index (χ1n) is 10.2. The van der Waals surface area contributed by atoms with Crippen LogP contribution in [0.5, 0.6) is 5.75 Å². The quantitative estimate of drug-likeness (QED) is 0.728. The first-order chi connectivity index (χ1) is 14.1. The van der Waals surface area contributed by atoms with Crippen LogP contribution in [0.15, 0.2) is 33.6 Å². The van der Waals surface area contributed by atoms with E-state index in [1.54, 1.807) is 6.07 Å². The van der Waals surface area contributed by atoms with E-state index in [1.807, 2.05) is 13.0 Å².